The average Bonchev–Trinajstić information content (AvgIpc) is 3.10. The van der Waals surface area contributed by atoms with Crippen molar-refractivity contribution in [1.29, 1.82) is 0 Å². The number of carbonyl (C=O) groups excluding carboxylic acids is 4. The molecule has 0 saturated heterocycles. The van der Waals surface area contributed by atoms with Gasteiger partial charge < -0.3 is 79.7 Å². The van der Waals surface area contributed by atoms with Crippen LogP contribution >= 0.6 is 0 Å². The SMILES string of the molecule is CC(=O)[O-].CC(=O)[O-].CC(=O)[O-].CC(=O)[O-].CO.CO.CO.CO.COc1cccc(C=Nc2ccccc2N=Cc2cccc(OC)c2[O-])c1[O-].[Yb+3].[Yb+3]. The third-order valence-corrected chi connectivity index (χ3v) is 4.03. The summed E-state index contributed by atoms with van der Waals surface area (Å²) in [6.07, 6.45) is 2.95. The van der Waals surface area contributed by atoms with E-state index in [1.54, 1.807) is 48.5 Å². The van der Waals surface area contributed by atoms with Crippen molar-refractivity contribution in [2.24, 2.45) is 9.98 Å². The van der Waals surface area contributed by atoms with Gasteiger partial charge in [-0.25, -0.2) is 0 Å². The third-order valence-electron chi connectivity index (χ3n) is 4.03. The second-order valence-corrected chi connectivity index (χ2v) is 7.73. The maximum absolute atomic E-state index is 12.2. The maximum Gasteiger partial charge on any atom is 3.00 e. The van der Waals surface area contributed by atoms with Crippen molar-refractivity contribution in [2.75, 3.05) is 42.7 Å². The number of aliphatic carboxylic acids is 4. The predicted molar refractivity (Wildman–Crippen MR) is 181 cm³/mol. The van der Waals surface area contributed by atoms with E-state index < -0.39 is 23.9 Å². The number of para-hydroxylation sites is 4. The molecule has 2 radical (unpaired) electrons. The Morgan fingerprint density at radius 1 is 0.500 bits per heavy atom. The normalized spacial score (nSPS) is 8.11. The van der Waals surface area contributed by atoms with E-state index in [-0.39, 0.29) is 117 Å². The topological polar surface area (TPSA) is 331 Å². The van der Waals surface area contributed by atoms with Gasteiger partial charge in [-0.3, -0.25) is 9.98 Å². The number of benzene rings is 3. The number of ether oxygens (including phenoxy) is 2. The molecule has 3 aromatic carbocycles. The Bertz CT molecular complexity index is 1290. The van der Waals surface area contributed by atoms with Crippen molar-refractivity contribution in [1.82, 2.24) is 0 Å². The van der Waals surface area contributed by atoms with E-state index in [1.165, 1.54) is 26.6 Å². The molecule has 316 valence electrons. The third kappa shape index (κ3) is 45.1. The van der Waals surface area contributed by atoms with Crippen molar-refractivity contribution in [3.63, 3.8) is 0 Å². The van der Waals surface area contributed by atoms with Gasteiger partial charge in [0.2, 0.25) is 0 Å². The van der Waals surface area contributed by atoms with Crippen molar-refractivity contribution >= 4 is 47.7 Å². The van der Waals surface area contributed by atoms with Crippen LogP contribution in [0.1, 0.15) is 38.8 Å². The molecule has 0 unspecified atom stereocenters. The monoisotopic (exact) mass is 1090 g/mol. The van der Waals surface area contributed by atoms with E-state index in [4.69, 9.17) is 69.5 Å². The second-order valence-electron chi connectivity index (χ2n) is 7.73. The van der Waals surface area contributed by atoms with Crippen LogP contribution in [0, 0.1) is 93.8 Å². The standard InChI is InChI=1S/C22H20N2O4.4C2H4O2.4CH4O.2Yb/c1-27-19-11-5-7-15(21(19)25)13-23-17-9-3-4-10-18(17)24-14-16-8-6-12-20(28-2)22(16)26;4*1-2(3)4;4*1-2;;/h3-14,25-26H,1-2H3;4*1H3,(H,3,4);4*2H,1H3;;/q;;;;;;;;;2*+3/p-6. The second kappa shape index (κ2) is 50.0. The molecule has 0 heterocycles. The molecule has 0 aliphatic carbocycles. The average molecular weight is 1080 g/mol. The zero-order valence-electron chi connectivity index (χ0n) is 31.0. The van der Waals surface area contributed by atoms with Gasteiger partial charge in [0.15, 0.2) is 0 Å². The van der Waals surface area contributed by atoms with Gasteiger partial charge in [-0.05, 0) is 63.1 Å². The van der Waals surface area contributed by atoms with E-state index in [0.717, 1.165) is 56.1 Å². The molecular formula is C34H46N2O16Yb2. The summed E-state index contributed by atoms with van der Waals surface area (Å²) in [6.45, 7) is 3.89. The summed E-state index contributed by atoms with van der Waals surface area (Å²) in [5, 5.41) is 88.0. The smallest absolute Gasteiger partial charge is 0.870 e. The van der Waals surface area contributed by atoms with Crippen molar-refractivity contribution in [3.05, 3.63) is 71.8 Å². The molecule has 3 rings (SSSR count). The molecule has 0 bridgehead atoms. The first kappa shape index (κ1) is 68.9. The molecule has 0 fully saturated rings. The molecule has 0 amide bonds. The van der Waals surface area contributed by atoms with Crippen LogP contribution in [-0.2, 0) is 19.2 Å². The van der Waals surface area contributed by atoms with Crippen LogP contribution in [-0.4, -0.2) is 99.4 Å². The van der Waals surface area contributed by atoms with Gasteiger partial charge in [-0.15, -0.1) is 0 Å². The van der Waals surface area contributed by atoms with Crippen LogP contribution in [0.3, 0.4) is 0 Å². The number of aliphatic imine (C=N–C) groups is 2. The Hall–Kier alpha value is -3.04. The Labute approximate surface area is 392 Å². The van der Waals surface area contributed by atoms with Crippen LogP contribution in [0.5, 0.6) is 23.0 Å². The fraction of sp³-hybridized carbons (Fsp3) is 0.294. The van der Waals surface area contributed by atoms with Crippen LogP contribution < -0.4 is 40.1 Å². The minimum absolute atomic E-state index is 0. The number of nitrogens with zero attached hydrogens (tertiary/aromatic N) is 2. The summed E-state index contributed by atoms with van der Waals surface area (Å²) in [7, 11) is 6.90. The molecule has 0 atom stereocenters. The molecule has 0 aromatic heterocycles. The number of aliphatic hydroxyl groups is 4. The van der Waals surface area contributed by atoms with E-state index in [2.05, 4.69) is 9.98 Å². The van der Waals surface area contributed by atoms with Crippen molar-refractivity contribution in [2.45, 2.75) is 27.7 Å². The summed E-state index contributed by atoms with van der Waals surface area (Å²) in [5.41, 5.74) is 1.95. The van der Waals surface area contributed by atoms with Crippen molar-refractivity contribution < 1.29 is 174 Å². The summed E-state index contributed by atoms with van der Waals surface area (Å²) in [5.74, 6) is -4.28. The van der Waals surface area contributed by atoms with Crippen LogP contribution in [0.15, 0.2) is 70.6 Å². The van der Waals surface area contributed by atoms with E-state index in [0.29, 0.717) is 22.5 Å². The number of hydrogen-bond donors (Lipinski definition) is 4. The van der Waals surface area contributed by atoms with Gasteiger partial charge in [0.05, 0.1) is 25.6 Å². The van der Waals surface area contributed by atoms with E-state index in [1.807, 2.05) is 12.1 Å². The van der Waals surface area contributed by atoms with Crippen LogP contribution in [0.2, 0.25) is 0 Å². The quantitative estimate of drug-likeness (QED) is 0.177. The summed E-state index contributed by atoms with van der Waals surface area (Å²) in [6, 6.07) is 17.2. The first-order valence-electron chi connectivity index (χ1n) is 13.9. The van der Waals surface area contributed by atoms with Crippen LogP contribution in [0.4, 0.5) is 11.4 Å². The zero-order chi connectivity index (χ0) is 42.2. The van der Waals surface area contributed by atoms with Gasteiger partial charge in [0.1, 0.15) is 11.5 Å². The summed E-state index contributed by atoms with van der Waals surface area (Å²) in [4.78, 5) is 44.3. The number of carboxylic acid groups (broad SMARTS) is 4. The molecule has 0 aliphatic heterocycles. The van der Waals surface area contributed by atoms with Crippen molar-refractivity contribution in [3.8, 4) is 23.0 Å². The maximum atomic E-state index is 12.2. The van der Waals surface area contributed by atoms with Gasteiger partial charge in [0.25, 0.3) is 0 Å². The van der Waals surface area contributed by atoms with E-state index >= 15 is 0 Å². The molecule has 0 aliphatic rings. The molecule has 0 spiro atoms. The fourth-order valence-electron chi connectivity index (χ4n) is 2.55. The first-order valence-corrected chi connectivity index (χ1v) is 13.9. The fourth-order valence-corrected chi connectivity index (χ4v) is 2.55. The number of carboxylic acids is 4. The van der Waals surface area contributed by atoms with Gasteiger partial charge in [-0.1, -0.05) is 47.9 Å². The first-order chi connectivity index (χ1) is 24.6. The molecular weight excluding hydrogens is 1040 g/mol. The number of aliphatic hydroxyl groups excluding tert-OH is 4. The summed E-state index contributed by atoms with van der Waals surface area (Å²) < 4.78 is 10.1. The molecule has 0 saturated carbocycles. The molecule has 54 heavy (non-hydrogen) atoms. The molecule has 4 N–H and O–H groups in total. The van der Waals surface area contributed by atoms with Gasteiger partial charge in [-0.2, -0.15) is 0 Å². The Balaban J connectivity index is -0.000000113. The minimum Gasteiger partial charge on any atom is -0.870 e. The number of hydrogen-bond acceptors (Lipinski definition) is 18. The van der Waals surface area contributed by atoms with Gasteiger partial charge in [0, 0.05) is 64.7 Å². The Morgan fingerprint density at radius 2 is 0.722 bits per heavy atom. The molecule has 20 heteroatoms. The molecule has 18 nitrogen and oxygen atoms in total. The van der Waals surface area contributed by atoms with E-state index in [9.17, 15) is 10.2 Å². The number of rotatable bonds is 6. The van der Waals surface area contributed by atoms with Gasteiger partial charge >= 0.3 is 93.8 Å². The Kier molecular flexibility index (Phi) is 63.8. The number of carbonyl (C=O) groups is 4. The minimum atomic E-state index is -1.08. The summed E-state index contributed by atoms with van der Waals surface area (Å²) >= 11 is 0. The zero-order valence-corrected chi connectivity index (χ0v) is 34.5. The van der Waals surface area contributed by atoms with Crippen LogP contribution in [0.25, 0.3) is 0 Å². The largest absolute Gasteiger partial charge is 3.00 e. The predicted octanol–water partition coefficient (Wildman–Crippen LogP) is -3.19. The molecule has 3 aromatic rings. The Morgan fingerprint density at radius 3 is 0.926 bits per heavy atom. The number of methoxy groups -OCH3 is 2.